The van der Waals surface area contributed by atoms with Crippen molar-refractivity contribution >= 4 is 6.09 Å². The molecule has 0 heterocycles. The van der Waals surface area contributed by atoms with Crippen LogP contribution in [0.3, 0.4) is 0 Å². The molecular weight excluding hydrogens is 423 g/mol. The molecule has 2 atom stereocenters. The lowest BCUT2D eigenvalue weighted by atomic mass is 9.98. The van der Waals surface area contributed by atoms with Gasteiger partial charge in [-0.1, -0.05) is 48.5 Å². The third-order valence-electron chi connectivity index (χ3n) is 5.51. The molecule has 0 radical (unpaired) electrons. The quantitative estimate of drug-likeness (QED) is 0.503. The molecule has 8 heteroatoms. The zero-order valence-electron chi connectivity index (χ0n) is 16.8. The smallest absolute Gasteiger partial charge is 0.407 e. The molecule has 1 aliphatic carbocycles. The third kappa shape index (κ3) is 4.19. The molecule has 32 heavy (non-hydrogen) atoms. The SMILES string of the molecule is O=C(NCC(O)C(O)c1cc(F)c(F)c(F)c1)OCC1c2ccccc2-c2ccccc21. The Kier molecular flexibility index (Phi) is 6.16. The summed E-state index contributed by atoms with van der Waals surface area (Å²) in [6.07, 6.45) is -4.16. The minimum absolute atomic E-state index is 0.0624. The first-order valence-electron chi connectivity index (χ1n) is 9.96. The van der Waals surface area contributed by atoms with Crippen molar-refractivity contribution < 1.29 is 32.9 Å². The predicted molar refractivity (Wildman–Crippen MR) is 110 cm³/mol. The highest BCUT2D eigenvalue weighted by molar-refractivity contribution is 5.79. The second-order valence-corrected chi connectivity index (χ2v) is 7.52. The number of carbonyl (C=O) groups excluding carboxylic acids is 1. The van der Waals surface area contributed by atoms with Crippen LogP contribution in [-0.4, -0.2) is 35.6 Å². The third-order valence-corrected chi connectivity index (χ3v) is 5.51. The maximum absolute atomic E-state index is 13.3. The van der Waals surface area contributed by atoms with Crippen molar-refractivity contribution in [1.82, 2.24) is 5.32 Å². The zero-order chi connectivity index (χ0) is 22.8. The molecule has 166 valence electrons. The standard InChI is InChI=1S/C24H20F3NO4/c25-19-9-13(10-20(26)22(19)27)23(30)21(29)11-28-24(31)32-12-18-16-7-3-1-5-14(16)15-6-2-4-8-17(15)18/h1-10,18,21,23,29-30H,11-12H2,(H,28,31). The highest BCUT2D eigenvalue weighted by Gasteiger charge is 2.29. The Morgan fingerprint density at radius 3 is 2.03 bits per heavy atom. The second-order valence-electron chi connectivity index (χ2n) is 7.52. The van der Waals surface area contributed by atoms with Crippen molar-refractivity contribution in [2.75, 3.05) is 13.2 Å². The van der Waals surface area contributed by atoms with Gasteiger partial charge in [0.1, 0.15) is 18.8 Å². The minimum Gasteiger partial charge on any atom is -0.449 e. The van der Waals surface area contributed by atoms with Crippen molar-refractivity contribution in [2.24, 2.45) is 0 Å². The molecule has 1 aliphatic rings. The van der Waals surface area contributed by atoms with E-state index in [0.717, 1.165) is 22.3 Å². The van der Waals surface area contributed by atoms with E-state index in [0.29, 0.717) is 12.1 Å². The number of hydrogen-bond acceptors (Lipinski definition) is 4. The number of aliphatic hydroxyl groups excluding tert-OH is 2. The second kappa shape index (κ2) is 9.02. The van der Waals surface area contributed by atoms with Gasteiger partial charge in [0.2, 0.25) is 0 Å². The van der Waals surface area contributed by atoms with E-state index in [-0.39, 0.29) is 18.1 Å². The largest absolute Gasteiger partial charge is 0.449 e. The highest BCUT2D eigenvalue weighted by atomic mass is 19.2. The average molecular weight is 443 g/mol. The molecule has 5 nitrogen and oxygen atoms in total. The van der Waals surface area contributed by atoms with E-state index < -0.39 is 42.3 Å². The van der Waals surface area contributed by atoms with Crippen LogP contribution in [0.5, 0.6) is 0 Å². The molecule has 0 spiro atoms. The van der Waals surface area contributed by atoms with Gasteiger partial charge in [-0.25, -0.2) is 18.0 Å². The zero-order valence-corrected chi connectivity index (χ0v) is 16.8. The van der Waals surface area contributed by atoms with Gasteiger partial charge in [0, 0.05) is 12.5 Å². The van der Waals surface area contributed by atoms with E-state index in [4.69, 9.17) is 4.74 Å². The molecule has 0 saturated carbocycles. The van der Waals surface area contributed by atoms with Gasteiger partial charge in [0.05, 0.1) is 0 Å². The lowest BCUT2D eigenvalue weighted by molar-refractivity contribution is 0.0181. The fourth-order valence-electron chi connectivity index (χ4n) is 3.92. The van der Waals surface area contributed by atoms with Crippen LogP contribution in [-0.2, 0) is 4.74 Å². The maximum Gasteiger partial charge on any atom is 0.407 e. The Hall–Kier alpha value is -3.36. The fraction of sp³-hybridized carbons (Fsp3) is 0.208. The van der Waals surface area contributed by atoms with Gasteiger partial charge < -0.3 is 20.3 Å². The predicted octanol–water partition coefficient (Wildman–Crippen LogP) is 4.04. The summed E-state index contributed by atoms with van der Waals surface area (Å²) in [6, 6.07) is 16.8. The number of fused-ring (bicyclic) bond motifs is 3. The Balaban J connectivity index is 1.35. The number of alkyl carbamates (subject to hydrolysis) is 1. The van der Waals surface area contributed by atoms with Crippen molar-refractivity contribution in [3.05, 3.63) is 94.8 Å². The van der Waals surface area contributed by atoms with Gasteiger partial charge in [0.15, 0.2) is 17.5 Å². The van der Waals surface area contributed by atoms with Crippen LogP contribution in [0.2, 0.25) is 0 Å². The average Bonchev–Trinajstić information content (AvgIpc) is 3.12. The first kappa shape index (κ1) is 21.9. The van der Waals surface area contributed by atoms with Crippen LogP contribution in [0.1, 0.15) is 28.7 Å². The monoisotopic (exact) mass is 443 g/mol. The van der Waals surface area contributed by atoms with Gasteiger partial charge >= 0.3 is 6.09 Å². The number of hydrogen-bond donors (Lipinski definition) is 3. The molecule has 4 rings (SSSR count). The van der Waals surface area contributed by atoms with Crippen LogP contribution in [0.15, 0.2) is 60.7 Å². The lowest BCUT2D eigenvalue weighted by Crippen LogP contribution is -2.36. The van der Waals surface area contributed by atoms with Gasteiger partial charge in [-0.2, -0.15) is 0 Å². The summed E-state index contributed by atoms with van der Waals surface area (Å²) >= 11 is 0. The molecule has 3 N–H and O–H groups in total. The molecule has 0 bridgehead atoms. The van der Waals surface area contributed by atoms with E-state index >= 15 is 0 Å². The van der Waals surface area contributed by atoms with E-state index in [1.807, 2.05) is 48.5 Å². The number of benzene rings is 3. The van der Waals surface area contributed by atoms with E-state index in [2.05, 4.69) is 5.32 Å². The topological polar surface area (TPSA) is 78.8 Å². The van der Waals surface area contributed by atoms with Crippen molar-refractivity contribution in [3.8, 4) is 11.1 Å². The van der Waals surface area contributed by atoms with E-state index in [9.17, 15) is 28.2 Å². The Bertz CT molecular complexity index is 1090. The number of nitrogens with one attached hydrogen (secondary N) is 1. The number of rotatable bonds is 6. The van der Waals surface area contributed by atoms with Crippen LogP contribution < -0.4 is 5.32 Å². The fourth-order valence-corrected chi connectivity index (χ4v) is 3.92. The van der Waals surface area contributed by atoms with Crippen molar-refractivity contribution in [3.63, 3.8) is 0 Å². The van der Waals surface area contributed by atoms with Crippen LogP contribution in [0, 0.1) is 17.5 Å². The molecule has 0 aromatic heterocycles. The summed E-state index contributed by atoms with van der Waals surface area (Å²) in [5, 5.41) is 22.4. The Labute approximate surface area is 182 Å². The molecule has 1 amide bonds. The van der Waals surface area contributed by atoms with E-state index in [1.165, 1.54) is 0 Å². The minimum atomic E-state index is -1.74. The van der Waals surface area contributed by atoms with Gasteiger partial charge in [-0.3, -0.25) is 0 Å². The molecule has 3 aromatic carbocycles. The Morgan fingerprint density at radius 1 is 0.938 bits per heavy atom. The molecule has 2 unspecified atom stereocenters. The van der Waals surface area contributed by atoms with Crippen molar-refractivity contribution in [1.29, 1.82) is 0 Å². The van der Waals surface area contributed by atoms with Crippen molar-refractivity contribution in [2.45, 2.75) is 18.1 Å². The van der Waals surface area contributed by atoms with Crippen LogP contribution in [0.25, 0.3) is 11.1 Å². The first-order chi connectivity index (χ1) is 15.4. The summed E-state index contributed by atoms with van der Waals surface area (Å²) in [4.78, 5) is 12.1. The van der Waals surface area contributed by atoms with Gasteiger partial charge in [-0.05, 0) is 39.9 Å². The van der Waals surface area contributed by atoms with Gasteiger partial charge in [-0.15, -0.1) is 0 Å². The number of halogens is 3. The molecule has 3 aromatic rings. The highest BCUT2D eigenvalue weighted by Crippen LogP contribution is 2.44. The number of carbonyl (C=O) groups is 1. The maximum atomic E-state index is 13.3. The van der Waals surface area contributed by atoms with Crippen LogP contribution in [0.4, 0.5) is 18.0 Å². The normalized spacial score (nSPS) is 14.4. The number of amides is 1. The van der Waals surface area contributed by atoms with Crippen LogP contribution >= 0.6 is 0 Å². The molecule has 0 aliphatic heterocycles. The Morgan fingerprint density at radius 2 is 1.47 bits per heavy atom. The summed E-state index contributed by atoms with van der Waals surface area (Å²) in [6.45, 7) is -0.384. The first-order valence-corrected chi connectivity index (χ1v) is 9.96. The molecule has 0 fully saturated rings. The summed E-state index contributed by atoms with van der Waals surface area (Å²) < 4.78 is 45.1. The lowest BCUT2D eigenvalue weighted by Gasteiger charge is -2.19. The number of ether oxygens (including phenoxy) is 1. The van der Waals surface area contributed by atoms with Gasteiger partial charge in [0.25, 0.3) is 0 Å². The number of aliphatic hydroxyl groups is 2. The molecule has 0 saturated heterocycles. The molecular formula is C24H20F3NO4. The summed E-state index contributed by atoms with van der Waals surface area (Å²) in [7, 11) is 0. The van der Waals surface area contributed by atoms with E-state index in [1.54, 1.807) is 0 Å². The summed E-state index contributed by atoms with van der Waals surface area (Å²) in [5.74, 6) is -4.80. The summed E-state index contributed by atoms with van der Waals surface area (Å²) in [5.41, 5.74) is 3.88.